The molecule has 0 atom stereocenters. The minimum atomic E-state index is 0.443. The van der Waals surface area contributed by atoms with Gasteiger partial charge in [0.05, 0.1) is 13.2 Å². The fourth-order valence-electron chi connectivity index (χ4n) is 2.73. The zero-order valence-corrected chi connectivity index (χ0v) is 11.4. The van der Waals surface area contributed by atoms with Gasteiger partial charge in [-0.1, -0.05) is 27.7 Å². The van der Waals surface area contributed by atoms with E-state index in [9.17, 15) is 0 Å². The van der Waals surface area contributed by atoms with Gasteiger partial charge in [0.15, 0.2) is 0 Å². The molecule has 0 spiro atoms. The van der Waals surface area contributed by atoms with Crippen molar-refractivity contribution in [3.05, 3.63) is 0 Å². The van der Waals surface area contributed by atoms with E-state index in [1.807, 2.05) is 0 Å². The summed E-state index contributed by atoms with van der Waals surface area (Å²) in [6.07, 6.45) is 2.70. The zero-order valence-electron chi connectivity index (χ0n) is 11.4. The Morgan fingerprint density at radius 3 is 2.12 bits per heavy atom. The average molecular weight is 225 g/mol. The van der Waals surface area contributed by atoms with E-state index in [4.69, 9.17) is 4.74 Å². The minimum Gasteiger partial charge on any atom is -0.381 e. The second kappa shape index (κ2) is 4.30. The van der Waals surface area contributed by atoms with Gasteiger partial charge in [-0.05, 0) is 36.8 Å². The van der Waals surface area contributed by atoms with Crippen molar-refractivity contribution in [2.75, 3.05) is 32.8 Å². The Hall–Kier alpha value is -0.0800. The van der Waals surface area contributed by atoms with Crippen molar-refractivity contribution in [3.63, 3.8) is 0 Å². The number of piperidine rings is 1. The molecular weight excluding hydrogens is 198 g/mol. The van der Waals surface area contributed by atoms with Crippen LogP contribution in [0.15, 0.2) is 0 Å². The second-order valence-corrected chi connectivity index (χ2v) is 7.01. The molecule has 94 valence electrons. The molecule has 0 saturated carbocycles. The molecule has 0 bridgehead atoms. The fourth-order valence-corrected chi connectivity index (χ4v) is 2.73. The number of likely N-dealkylation sites (tertiary alicyclic amines) is 1. The van der Waals surface area contributed by atoms with E-state index in [-0.39, 0.29) is 0 Å². The summed E-state index contributed by atoms with van der Waals surface area (Å²) < 4.78 is 5.24. The van der Waals surface area contributed by atoms with Crippen LogP contribution in [0.3, 0.4) is 0 Å². The summed E-state index contributed by atoms with van der Waals surface area (Å²) in [4.78, 5) is 2.64. The van der Waals surface area contributed by atoms with Crippen LogP contribution in [-0.4, -0.2) is 37.7 Å². The minimum absolute atomic E-state index is 0.443. The van der Waals surface area contributed by atoms with Gasteiger partial charge < -0.3 is 9.64 Å². The van der Waals surface area contributed by atoms with Crippen LogP contribution in [0.2, 0.25) is 0 Å². The van der Waals surface area contributed by atoms with E-state index < -0.39 is 0 Å². The standard InChI is InChI=1S/C14H27NO/c1-13(2,3)14(4)5-7-15(8-6-14)9-12-10-16-11-12/h12H,5-11H2,1-4H3. The molecule has 0 unspecified atom stereocenters. The number of hydrogen-bond acceptors (Lipinski definition) is 2. The lowest BCUT2D eigenvalue weighted by Crippen LogP contribution is -2.48. The van der Waals surface area contributed by atoms with E-state index in [2.05, 4.69) is 32.6 Å². The SMILES string of the molecule is CC(C)(C)C1(C)CCN(CC2COC2)CC1. The lowest BCUT2D eigenvalue weighted by Gasteiger charge is -2.48. The molecule has 0 amide bonds. The molecule has 2 heterocycles. The van der Waals surface area contributed by atoms with Gasteiger partial charge in [0.2, 0.25) is 0 Å². The summed E-state index contributed by atoms with van der Waals surface area (Å²) in [5.41, 5.74) is 0.971. The molecule has 2 aliphatic rings. The van der Waals surface area contributed by atoms with Crippen LogP contribution in [0, 0.1) is 16.7 Å². The number of hydrogen-bond donors (Lipinski definition) is 0. The van der Waals surface area contributed by atoms with Crippen LogP contribution in [0.25, 0.3) is 0 Å². The van der Waals surface area contributed by atoms with Crippen molar-refractivity contribution < 1.29 is 4.74 Å². The van der Waals surface area contributed by atoms with Gasteiger partial charge in [0.25, 0.3) is 0 Å². The maximum Gasteiger partial charge on any atom is 0.0528 e. The first kappa shape index (κ1) is 12.4. The monoisotopic (exact) mass is 225 g/mol. The number of rotatable bonds is 2. The highest BCUT2D eigenvalue weighted by molar-refractivity contribution is 4.91. The van der Waals surface area contributed by atoms with E-state index >= 15 is 0 Å². The van der Waals surface area contributed by atoms with Gasteiger partial charge in [-0.2, -0.15) is 0 Å². The Kier molecular flexibility index (Phi) is 3.33. The van der Waals surface area contributed by atoms with Crippen LogP contribution in [-0.2, 0) is 4.74 Å². The highest BCUT2D eigenvalue weighted by Gasteiger charge is 2.40. The van der Waals surface area contributed by atoms with Crippen LogP contribution in [0.4, 0.5) is 0 Å². The third-order valence-corrected chi connectivity index (χ3v) is 4.99. The highest BCUT2D eigenvalue weighted by atomic mass is 16.5. The third-order valence-electron chi connectivity index (χ3n) is 4.99. The molecule has 0 aromatic heterocycles. The summed E-state index contributed by atoms with van der Waals surface area (Å²) in [5, 5.41) is 0. The highest BCUT2D eigenvalue weighted by Crippen LogP contribution is 2.46. The molecule has 16 heavy (non-hydrogen) atoms. The van der Waals surface area contributed by atoms with Crippen molar-refractivity contribution in [2.24, 2.45) is 16.7 Å². The molecule has 2 rings (SSSR count). The summed E-state index contributed by atoms with van der Waals surface area (Å²) in [5.74, 6) is 0.819. The summed E-state index contributed by atoms with van der Waals surface area (Å²) in [6.45, 7) is 15.5. The molecule has 2 aliphatic heterocycles. The molecule has 2 heteroatoms. The van der Waals surface area contributed by atoms with Gasteiger partial charge in [-0.25, -0.2) is 0 Å². The maximum absolute atomic E-state index is 5.24. The van der Waals surface area contributed by atoms with Gasteiger partial charge in [0.1, 0.15) is 0 Å². The van der Waals surface area contributed by atoms with Crippen LogP contribution in [0.1, 0.15) is 40.5 Å². The van der Waals surface area contributed by atoms with Gasteiger partial charge in [-0.3, -0.25) is 0 Å². The summed E-state index contributed by atoms with van der Waals surface area (Å²) >= 11 is 0. The van der Waals surface area contributed by atoms with Crippen molar-refractivity contribution >= 4 is 0 Å². The van der Waals surface area contributed by atoms with E-state index in [1.165, 1.54) is 32.5 Å². The Balaban J connectivity index is 1.81. The predicted octanol–water partition coefficient (Wildman–Crippen LogP) is 2.78. The molecule has 2 saturated heterocycles. The normalized spacial score (nSPS) is 27.8. The smallest absolute Gasteiger partial charge is 0.0528 e. The van der Waals surface area contributed by atoms with Crippen molar-refractivity contribution in [1.29, 1.82) is 0 Å². The average Bonchev–Trinajstić information content (AvgIpc) is 2.12. The van der Waals surface area contributed by atoms with Gasteiger partial charge >= 0.3 is 0 Å². The van der Waals surface area contributed by atoms with Crippen LogP contribution in [0.5, 0.6) is 0 Å². The maximum atomic E-state index is 5.24. The molecule has 0 aromatic rings. The first-order chi connectivity index (χ1) is 7.41. The molecule has 0 aromatic carbocycles. The molecule has 0 aliphatic carbocycles. The lowest BCUT2D eigenvalue weighted by atomic mass is 9.63. The summed E-state index contributed by atoms with van der Waals surface area (Å²) in [6, 6.07) is 0. The Morgan fingerprint density at radius 2 is 1.75 bits per heavy atom. The van der Waals surface area contributed by atoms with Gasteiger partial charge in [0, 0.05) is 12.5 Å². The zero-order chi connectivity index (χ0) is 11.8. The topological polar surface area (TPSA) is 12.5 Å². The molecule has 2 fully saturated rings. The molecule has 0 radical (unpaired) electrons. The predicted molar refractivity (Wildman–Crippen MR) is 67.5 cm³/mol. The van der Waals surface area contributed by atoms with Crippen molar-refractivity contribution in [1.82, 2.24) is 4.90 Å². The second-order valence-electron chi connectivity index (χ2n) is 7.01. The van der Waals surface area contributed by atoms with E-state index in [1.54, 1.807) is 0 Å². The molecular formula is C14H27NO. The van der Waals surface area contributed by atoms with Gasteiger partial charge in [-0.15, -0.1) is 0 Å². The Bertz CT molecular complexity index is 232. The van der Waals surface area contributed by atoms with Crippen LogP contribution < -0.4 is 0 Å². The van der Waals surface area contributed by atoms with E-state index in [0.29, 0.717) is 10.8 Å². The largest absolute Gasteiger partial charge is 0.381 e. The Labute approximate surface area is 100 Å². The van der Waals surface area contributed by atoms with Crippen molar-refractivity contribution in [2.45, 2.75) is 40.5 Å². The third kappa shape index (κ3) is 2.43. The first-order valence-electron chi connectivity index (χ1n) is 6.71. The molecule has 0 N–H and O–H groups in total. The summed E-state index contributed by atoms with van der Waals surface area (Å²) in [7, 11) is 0. The van der Waals surface area contributed by atoms with Crippen LogP contribution >= 0.6 is 0 Å². The quantitative estimate of drug-likeness (QED) is 0.716. The first-order valence-corrected chi connectivity index (χ1v) is 6.71. The lowest BCUT2D eigenvalue weighted by molar-refractivity contribution is -0.0589. The number of ether oxygens (including phenoxy) is 1. The number of nitrogens with zero attached hydrogens (tertiary/aromatic N) is 1. The van der Waals surface area contributed by atoms with E-state index in [0.717, 1.165) is 19.1 Å². The molecule has 2 nitrogen and oxygen atoms in total. The fraction of sp³-hybridized carbons (Fsp3) is 1.00. The van der Waals surface area contributed by atoms with Crippen molar-refractivity contribution in [3.8, 4) is 0 Å². The Morgan fingerprint density at radius 1 is 1.19 bits per heavy atom.